The van der Waals surface area contributed by atoms with Gasteiger partial charge in [-0.15, -0.1) is 5.10 Å². The summed E-state index contributed by atoms with van der Waals surface area (Å²) >= 11 is 0. The Labute approximate surface area is 182 Å². The van der Waals surface area contributed by atoms with Gasteiger partial charge in [0.05, 0.1) is 5.69 Å². The summed E-state index contributed by atoms with van der Waals surface area (Å²) in [5.41, 5.74) is 8.04. The lowest BCUT2D eigenvalue weighted by Crippen LogP contribution is -2.15. The highest BCUT2D eigenvalue weighted by atomic mass is 16.2. The predicted molar refractivity (Wildman–Crippen MR) is 125 cm³/mol. The lowest BCUT2D eigenvalue weighted by atomic mass is 10.1. The number of aryl methyl sites for hydroxylation is 4. The minimum Gasteiger partial charge on any atom is -0.319 e. The first-order valence-electron chi connectivity index (χ1n) is 10.3. The number of hydrogen-bond donors (Lipinski definition) is 1. The van der Waals surface area contributed by atoms with E-state index in [2.05, 4.69) is 39.7 Å². The van der Waals surface area contributed by atoms with Gasteiger partial charge in [-0.2, -0.15) is 0 Å². The Bertz CT molecular complexity index is 1290. The molecule has 4 rings (SSSR count). The zero-order valence-electron chi connectivity index (χ0n) is 18.5. The van der Waals surface area contributed by atoms with Gasteiger partial charge >= 0.3 is 0 Å². The van der Waals surface area contributed by atoms with Gasteiger partial charge in [-0.3, -0.25) is 4.79 Å². The van der Waals surface area contributed by atoms with Crippen molar-refractivity contribution in [3.8, 4) is 17.1 Å². The molecule has 0 aliphatic rings. The lowest BCUT2D eigenvalue weighted by molar-refractivity contribution is 0.101. The monoisotopic (exact) mass is 410 g/mol. The SMILES string of the molecule is Cc1cccc(-c2nc(C(=O)Nc3cccc(C)c3C)nn2-c2cc(C)ccc2C)c1. The molecule has 1 N–H and O–H groups in total. The first-order chi connectivity index (χ1) is 14.8. The molecule has 0 bridgehead atoms. The normalized spacial score (nSPS) is 10.9. The second kappa shape index (κ2) is 8.19. The van der Waals surface area contributed by atoms with Crippen LogP contribution in [0.1, 0.15) is 38.4 Å². The molecule has 0 atom stereocenters. The smallest absolute Gasteiger partial charge is 0.295 e. The molecule has 31 heavy (non-hydrogen) atoms. The fraction of sp³-hybridized carbons (Fsp3) is 0.192. The molecule has 5 heteroatoms. The topological polar surface area (TPSA) is 59.8 Å². The van der Waals surface area contributed by atoms with Crippen molar-refractivity contribution < 1.29 is 4.79 Å². The van der Waals surface area contributed by atoms with E-state index in [-0.39, 0.29) is 11.7 Å². The number of rotatable bonds is 4. The van der Waals surface area contributed by atoms with Crippen LogP contribution < -0.4 is 5.32 Å². The van der Waals surface area contributed by atoms with Gasteiger partial charge in [0.2, 0.25) is 5.82 Å². The third-order valence-corrected chi connectivity index (χ3v) is 5.53. The molecule has 1 aromatic heterocycles. The molecule has 5 nitrogen and oxygen atoms in total. The largest absolute Gasteiger partial charge is 0.319 e. The van der Waals surface area contributed by atoms with Crippen molar-refractivity contribution in [2.24, 2.45) is 0 Å². The molecule has 4 aromatic rings. The highest BCUT2D eigenvalue weighted by Crippen LogP contribution is 2.25. The van der Waals surface area contributed by atoms with E-state index in [0.29, 0.717) is 5.82 Å². The van der Waals surface area contributed by atoms with Crippen molar-refractivity contribution in [3.63, 3.8) is 0 Å². The van der Waals surface area contributed by atoms with Crippen molar-refractivity contribution in [1.29, 1.82) is 0 Å². The van der Waals surface area contributed by atoms with Gasteiger partial charge < -0.3 is 5.32 Å². The number of nitrogens with zero attached hydrogens (tertiary/aromatic N) is 3. The quantitative estimate of drug-likeness (QED) is 0.467. The maximum absolute atomic E-state index is 13.1. The van der Waals surface area contributed by atoms with Crippen molar-refractivity contribution in [3.05, 3.63) is 94.3 Å². The molecule has 3 aromatic carbocycles. The summed E-state index contributed by atoms with van der Waals surface area (Å²) in [7, 11) is 0. The Kier molecular flexibility index (Phi) is 5.42. The van der Waals surface area contributed by atoms with E-state index in [1.165, 1.54) is 0 Å². The zero-order chi connectivity index (χ0) is 22.1. The van der Waals surface area contributed by atoms with Crippen LogP contribution in [0.2, 0.25) is 0 Å². The van der Waals surface area contributed by atoms with E-state index in [9.17, 15) is 4.79 Å². The number of hydrogen-bond acceptors (Lipinski definition) is 3. The molecule has 0 spiro atoms. The van der Waals surface area contributed by atoms with E-state index in [4.69, 9.17) is 0 Å². The predicted octanol–water partition coefficient (Wildman–Crippen LogP) is 5.73. The molecule has 1 amide bonds. The summed E-state index contributed by atoms with van der Waals surface area (Å²) in [5, 5.41) is 7.60. The van der Waals surface area contributed by atoms with Crippen molar-refractivity contribution in [1.82, 2.24) is 14.8 Å². The van der Waals surface area contributed by atoms with Gasteiger partial charge in [-0.05, 0) is 75.1 Å². The van der Waals surface area contributed by atoms with Crippen molar-refractivity contribution in [2.75, 3.05) is 5.32 Å². The van der Waals surface area contributed by atoms with E-state index < -0.39 is 0 Å². The van der Waals surface area contributed by atoms with Gasteiger partial charge in [0, 0.05) is 11.3 Å². The van der Waals surface area contributed by atoms with Gasteiger partial charge in [0.1, 0.15) is 0 Å². The first-order valence-corrected chi connectivity index (χ1v) is 10.3. The number of amides is 1. The molecule has 0 aliphatic carbocycles. The average molecular weight is 411 g/mol. The van der Waals surface area contributed by atoms with Gasteiger partial charge in [0.15, 0.2) is 5.82 Å². The fourth-order valence-corrected chi connectivity index (χ4v) is 3.56. The second-order valence-corrected chi connectivity index (χ2v) is 8.03. The third-order valence-electron chi connectivity index (χ3n) is 5.53. The summed E-state index contributed by atoms with van der Waals surface area (Å²) in [6.45, 7) is 10.1. The van der Waals surface area contributed by atoms with Crippen LogP contribution in [0.15, 0.2) is 60.7 Å². The molecule has 0 saturated heterocycles. The Morgan fingerprint density at radius 2 is 1.58 bits per heavy atom. The number of carbonyl (C=O) groups is 1. The maximum atomic E-state index is 13.1. The highest BCUT2D eigenvalue weighted by Gasteiger charge is 2.20. The molecular weight excluding hydrogens is 384 g/mol. The number of aromatic nitrogens is 3. The van der Waals surface area contributed by atoms with E-state index >= 15 is 0 Å². The minimum atomic E-state index is -0.327. The molecule has 0 saturated carbocycles. The maximum Gasteiger partial charge on any atom is 0.295 e. The number of benzene rings is 3. The van der Waals surface area contributed by atoms with Crippen LogP contribution in [0.4, 0.5) is 5.69 Å². The Morgan fingerprint density at radius 3 is 2.35 bits per heavy atom. The molecule has 0 unspecified atom stereocenters. The van der Waals surface area contributed by atoms with Crippen LogP contribution in [-0.2, 0) is 0 Å². The average Bonchev–Trinajstić information content (AvgIpc) is 3.18. The number of anilines is 1. The molecule has 156 valence electrons. The summed E-state index contributed by atoms with van der Waals surface area (Å²) in [5.74, 6) is 0.452. The van der Waals surface area contributed by atoms with Crippen molar-refractivity contribution in [2.45, 2.75) is 34.6 Å². The van der Waals surface area contributed by atoms with Crippen LogP contribution >= 0.6 is 0 Å². The Hall–Kier alpha value is -3.73. The lowest BCUT2D eigenvalue weighted by Gasteiger charge is -2.10. The summed E-state index contributed by atoms with van der Waals surface area (Å²) < 4.78 is 1.77. The Balaban J connectivity index is 1.82. The fourth-order valence-electron chi connectivity index (χ4n) is 3.56. The molecule has 0 aliphatic heterocycles. The van der Waals surface area contributed by atoms with Crippen LogP contribution in [0.25, 0.3) is 17.1 Å². The standard InChI is InChI=1S/C26H26N4O/c1-16-8-6-10-21(14-16)25-28-24(26(31)27-22-11-7-9-18(3)20(22)5)29-30(25)23-15-17(2)12-13-19(23)4/h6-15H,1-5H3,(H,27,31). The molecule has 0 fully saturated rings. The van der Waals surface area contributed by atoms with Crippen LogP contribution in [-0.4, -0.2) is 20.7 Å². The highest BCUT2D eigenvalue weighted by molar-refractivity contribution is 6.02. The summed E-state index contributed by atoms with van der Waals surface area (Å²) in [6.07, 6.45) is 0. The van der Waals surface area contributed by atoms with Crippen LogP contribution in [0, 0.1) is 34.6 Å². The number of nitrogens with one attached hydrogen (secondary N) is 1. The third kappa shape index (κ3) is 4.12. The zero-order valence-corrected chi connectivity index (χ0v) is 18.5. The number of carbonyl (C=O) groups excluding carboxylic acids is 1. The Morgan fingerprint density at radius 1 is 0.839 bits per heavy atom. The van der Waals surface area contributed by atoms with E-state index in [1.807, 2.05) is 71.0 Å². The van der Waals surface area contributed by atoms with Gasteiger partial charge in [0.25, 0.3) is 5.91 Å². The van der Waals surface area contributed by atoms with Crippen molar-refractivity contribution >= 4 is 11.6 Å². The second-order valence-electron chi connectivity index (χ2n) is 8.03. The molecule has 0 radical (unpaired) electrons. The van der Waals surface area contributed by atoms with E-state index in [1.54, 1.807) is 4.68 Å². The summed E-state index contributed by atoms with van der Waals surface area (Å²) in [6, 6.07) is 20.1. The summed E-state index contributed by atoms with van der Waals surface area (Å²) in [4.78, 5) is 17.7. The van der Waals surface area contributed by atoms with Crippen LogP contribution in [0.5, 0.6) is 0 Å². The van der Waals surface area contributed by atoms with Gasteiger partial charge in [-0.25, -0.2) is 9.67 Å². The minimum absolute atomic E-state index is 0.137. The van der Waals surface area contributed by atoms with E-state index in [0.717, 1.165) is 44.8 Å². The molecule has 1 heterocycles. The van der Waals surface area contributed by atoms with Gasteiger partial charge in [-0.1, -0.05) is 48.0 Å². The first kappa shape index (κ1) is 20.5. The molecular formula is C26H26N4O. The van der Waals surface area contributed by atoms with Crippen LogP contribution in [0.3, 0.4) is 0 Å².